The Bertz CT molecular complexity index is 1180. The van der Waals surface area contributed by atoms with Gasteiger partial charge in [0.2, 0.25) is 11.8 Å². The van der Waals surface area contributed by atoms with Crippen LogP contribution in [0.1, 0.15) is 45.0 Å². The van der Waals surface area contributed by atoms with Crippen LogP contribution in [0.25, 0.3) is 0 Å². The van der Waals surface area contributed by atoms with E-state index in [1.165, 1.54) is 4.90 Å². The zero-order chi connectivity index (χ0) is 21.0. The van der Waals surface area contributed by atoms with Crippen molar-refractivity contribution in [3.63, 3.8) is 0 Å². The zero-order valence-corrected chi connectivity index (χ0v) is 17.0. The fourth-order valence-electron chi connectivity index (χ4n) is 4.60. The minimum atomic E-state index is -0.576. The Morgan fingerprint density at radius 2 is 1.47 bits per heavy atom. The van der Waals surface area contributed by atoms with E-state index < -0.39 is 5.92 Å². The maximum atomic E-state index is 13.5. The Kier molecular flexibility index (Phi) is 4.33. The highest BCUT2D eigenvalue weighted by Crippen LogP contribution is 2.45. The first-order valence-corrected chi connectivity index (χ1v) is 10.2. The van der Waals surface area contributed by atoms with Gasteiger partial charge >= 0.3 is 0 Å². The van der Waals surface area contributed by atoms with Crippen molar-refractivity contribution in [3.05, 3.63) is 99.6 Å². The summed E-state index contributed by atoms with van der Waals surface area (Å²) in [5.74, 6) is -1.48. The number of carbonyl (C=O) groups is 3. The number of benzene rings is 3. The zero-order valence-electron chi connectivity index (χ0n) is 16.3. The van der Waals surface area contributed by atoms with Gasteiger partial charge in [0.1, 0.15) is 0 Å². The first-order chi connectivity index (χ1) is 14.5. The summed E-state index contributed by atoms with van der Waals surface area (Å²) in [6, 6.07) is 19.9. The van der Waals surface area contributed by atoms with Gasteiger partial charge in [-0.3, -0.25) is 19.3 Å². The number of hydrogen-bond donors (Lipinski definition) is 0. The number of halogens is 1. The molecule has 1 atom stereocenters. The largest absolute Gasteiger partial charge is 0.289 e. The molecule has 0 aromatic heterocycles. The fourth-order valence-corrected chi connectivity index (χ4v) is 4.78. The normalized spacial score (nSPS) is 18.5. The van der Waals surface area contributed by atoms with Crippen molar-refractivity contribution in [2.45, 2.75) is 19.3 Å². The fraction of sp³-hybridized carbons (Fsp3) is 0.160. The Morgan fingerprint density at radius 3 is 2.07 bits per heavy atom. The average Bonchev–Trinajstić information content (AvgIpc) is 3.04. The summed E-state index contributed by atoms with van der Waals surface area (Å²) >= 11 is 6.24. The van der Waals surface area contributed by atoms with Crippen molar-refractivity contribution >= 4 is 34.9 Å². The van der Waals surface area contributed by atoms with Crippen LogP contribution in [-0.4, -0.2) is 17.6 Å². The van der Waals surface area contributed by atoms with Gasteiger partial charge in [0.05, 0.1) is 11.6 Å². The number of ketones is 1. The van der Waals surface area contributed by atoms with Crippen molar-refractivity contribution in [1.82, 2.24) is 0 Å². The summed E-state index contributed by atoms with van der Waals surface area (Å²) < 4.78 is 0. The van der Waals surface area contributed by atoms with Gasteiger partial charge in [-0.05, 0) is 35.7 Å². The van der Waals surface area contributed by atoms with E-state index >= 15 is 0 Å². The second-order valence-corrected chi connectivity index (χ2v) is 8.20. The predicted octanol–water partition coefficient (Wildman–Crippen LogP) is 4.90. The van der Waals surface area contributed by atoms with Crippen LogP contribution < -0.4 is 4.90 Å². The number of anilines is 1. The van der Waals surface area contributed by atoms with Crippen LogP contribution in [0.4, 0.5) is 5.69 Å². The van der Waals surface area contributed by atoms with E-state index in [0.717, 1.165) is 16.7 Å². The first kappa shape index (κ1) is 18.8. The lowest BCUT2D eigenvalue weighted by atomic mass is 9.71. The third kappa shape index (κ3) is 2.71. The topological polar surface area (TPSA) is 54.5 Å². The number of rotatable bonds is 2. The second kappa shape index (κ2) is 6.92. The number of carbonyl (C=O) groups excluding carboxylic acids is 3. The number of imide groups is 1. The minimum Gasteiger partial charge on any atom is -0.289 e. The van der Waals surface area contributed by atoms with Crippen molar-refractivity contribution in [1.29, 1.82) is 0 Å². The smallest absolute Gasteiger partial charge is 0.238 e. The molecule has 4 nitrogen and oxygen atoms in total. The second-order valence-electron chi connectivity index (χ2n) is 7.79. The molecule has 148 valence electrons. The molecule has 5 heteroatoms. The van der Waals surface area contributed by atoms with Gasteiger partial charge in [-0.25, -0.2) is 0 Å². The van der Waals surface area contributed by atoms with E-state index in [-0.39, 0.29) is 29.9 Å². The minimum absolute atomic E-state index is 0.0450. The Morgan fingerprint density at radius 1 is 0.867 bits per heavy atom. The predicted molar refractivity (Wildman–Crippen MR) is 115 cm³/mol. The molecule has 30 heavy (non-hydrogen) atoms. The van der Waals surface area contributed by atoms with Crippen molar-refractivity contribution in [3.8, 4) is 0 Å². The Hall–Kier alpha value is -3.24. The molecule has 1 aliphatic heterocycles. The van der Waals surface area contributed by atoms with E-state index in [4.69, 9.17) is 11.6 Å². The average molecular weight is 416 g/mol. The molecular formula is C25H18ClNO3. The molecule has 1 heterocycles. The molecule has 1 aliphatic carbocycles. The Balaban J connectivity index is 1.62. The highest BCUT2D eigenvalue weighted by molar-refractivity contribution is 6.32. The molecule has 0 bridgehead atoms. The maximum absolute atomic E-state index is 13.5. The lowest BCUT2D eigenvalue weighted by Gasteiger charge is -2.30. The van der Waals surface area contributed by atoms with E-state index in [9.17, 15) is 14.4 Å². The van der Waals surface area contributed by atoms with Crippen LogP contribution in [0.2, 0.25) is 5.02 Å². The number of amides is 2. The number of fused-ring (bicyclic) bond motifs is 2. The molecule has 0 N–H and O–H groups in total. The summed E-state index contributed by atoms with van der Waals surface area (Å²) in [7, 11) is 0. The summed E-state index contributed by atoms with van der Waals surface area (Å²) in [6.45, 7) is 1.87. The highest BCUT2D eigenvalue weighted by Gasteiger charge is 2.47. The molecular weight excluding hydrogens is 398 g/mol. The van der Waals surface area contributed by atoms with E-state index in [1.54, 1.807) is 30.3 Å². The van der Waals surface area contributed by atoms with Gasteiger partial charge in [-0.2, -0.15) is 0 Å². The molecule has 2 amide bonds. The lowest BCUT2D eigenvalue weighted by Crippen LogP contribution is -2.33. The molecule has 0 radical (unpaired) electrons. The maximum Gasteiger partial charge on any atom is 0.238 e. The number of aryl methyl sites for hydroxylation is 1. The monoisotopic (exact) mass is 415 g/mol. The van der Waals surface area contributed by atoms with Crippen LogP contribution in [-0.2, 0) is 9.59 Å². The van der Waals surface area contributed by atoms with Gasteiger partial charge in [0.15, 0.2) is 5.78 Å². The summed E-state index contributed by atoms with van der Waals surface area (Å²) in [5.41, 5.74) is 4.16. The molecule has 3 aromatic rings. The van der Waals surface area contributed by atoms with Crippen LogP contribution in [0.3, 0.4) is 0 Å². The van der Waals surface area contributed by atoms with Crippen LogP contribution in [0.5, 0.6) is 0 Å². The molecule has 0 spiro atoms. The Labute approximate surface area is 179 Å². The van der Waals surface area contributed by atoms with Gasteiger partial charge in [-0.15, -0.1) is 0 Å². The van der Waals surface area contributed by atoms with Crippen molar-refractivity contribution in [2.75, 3.05) is 4.90 Å². The van der Waals surface area contributed by atoms with Gasteiger partial charge < -0.3 is 0 Å². The molecule has 3 aromatic carbocycles. The van der Waals surface area contributed by atoms with E-state index in [0.29, 0.717) is 21.8 Å². The summed E-state index contributed by atoms with van der Waals surface area (Å²) in [5, 5.41) is 0.510. The van der Waals surface area contributed by atoms with Gasteiger partial charge in [0, 0.05) is 28.5 Å². The third-order valence-corrected chi connectivity index (χ3v) is 6.49. The molecule has 5 rings (SSSR count). The molecule has 1 fully saturated rings. The standard InChI is InChI=1S/C25H18ClNO3/c1-14-10-11-15(12-21(14)26)27-22(28)13-20(25(27)30)23-16-6-2-4-8-18(16)24(29)19-9-5-3-7-17(19)23/h2-12,20,23H,13H2,1H3. The number of hydrogen-bond acceptors (Lipinski definition) is 3. The summed E-state index contributed by atoms with van der Waals surface area (Å²) in [4.78, 5) is 40.6. The van der Waals surface area contributed by atoms with Crippen molar-refractivity contribution in [2.24, 2.45) is 5.92 Å². The number of nitrogens with zero attached hydrogens (tertiary/aromatic N) is 1. The van der Waals surface area contributed by atoms with E-state index in [2.05, 4.69) is 0 Å². The third-order valence-electron chi connectivity index (χ3n) is 6.08. The highest BCUT2D eigenvalue weighted by atomic mass is 35.5. The van der Waals surface area contributed by atoms with Crippen LogP contribution in [0.15, 0.2) is 66.7 Å². The van der Waals surface area contributed by atoms with Crippen LogP contribution in [0, 0.1) is 12.8 Å². The summed E-state index contributed by atoms with van der Waals surface area (Å²) in [6.07, 6.45) is 0.0891. The molecule has 1 saturated heterocycles. The molecule has 1 unspecified atom stereocenters. The van der Waals surface area contributed by atoms with E-state index in [1.807, 2.05) is 43.3 Å². The SMILES string of the molecule is Cc1ccc(N2C(=O)CC(C3c4ccccc4C(=O)c4ccccc43)C2=O)cc1Cl. The molecule has 0 saturated carbocycles. The lowest BCUT2D eigenvalue weighted by molar-refractivity contribution is -0.122. The van der Waals surface area contributed by atoms with Gasteiger partial charge in [-0.1, -0.05) is 66.2 Å². The van der Waals surface area contributed by atoms with Crippen molar-refractivity contribution < 1.29 is 14.4 Å². The quantitative estimate of drug-likeness (QED) is 0.559. The van der Waals surface area contributed by atoms with Gasteiger partial charge in [0.25, 0.3) is 0 Å². The first-order valence-electron chi connectivity index (χ1n) is 9.83. The molecule has 2 aliphatic rings. The van der Waals surface area contributed by atoms with Crippen LogP contribution >= 0.6 is 11.6 Å².